The van der Waals surface area contributed by atoms with E-state index in [1.54, 1.807) is 6.20 Å². The highest BCUT2D eigenvalue weighted by Gasteiger charge is 2.20. The first-order valence-electron chi connectivity index (χ1n) is 5.41. The van der Waals surface area contributed by atoms with E-state index in [1.807, 2.05) is 17.0 Å². The molecular weight excluding hydrogens is 350 g/mol. The van der Waals surface area contributed by atoms with Crippen LogP contribution in [0, 0.1) is 0 Å². The second-order valence-electron chi connectivity index (χ2n) is 3.84. The lowest BCUT2D eigenvalue weighted by atomic mass is 10.3. The third kappa shape index (κ3) is 3.19. The summed E-state index contributed by atoms with van der Waals surface area (Å²) in [5.74, 6) is 1.13. The number of hydrogen-bond donors (Lipinski definition) is 0. The maximum absolute atomic E-state index is 11.5. The summed E-state index contributed by atoms with van der Waals surface area (Å²) in [6.07, 6.45) is 1.80. The van der Waals surface area contributed by atoms with Crippen molar-refractivity contribution in [3.63, 3.8) is 0 Å². The topological polar surface area (TPSA) is 36.4 Å². The highest BCUT2D eigenvalue weighted by atomic mass is 79.9. The summed E-state index contributed by atoms with van der Waals surface area (Å²) in [5, 5.41) is 0.406. The first kappa shape index (κ1) is 12.8. The van der Waals surface area contributed by atoms with E-state index in [9.17, 15) is 4.79 Å². The largest absolute Gasteiger partial charge is 0.353 e. The molecule has 1 aromatic heterocycles. The third-order valence-corrected chi connectivity index (χ3v) is 3.73. The average molecular weight is 363 g/mol. The molecule has 1 amide bonds. The number of amides is 1. The van der Waals surface area contributed by atoms with Crippen molar-refractivity contribution in [1.82, 2.24) is 9.88 Å². The van der Waals surface area contributed by atoms with Crippen molar-refractivity contribution in [2.45, 2.75) is 0 Å². The van der Waals surface area contributed by atoms with Crippen LogP contribution < -0.4 is 4.90 Å². The normalized spacial score (nSPS) is 16.1. The maximum atomic E-state index is 11.5. The standard InChI is InChI=1S/C11H13Br2N3O/c12-7-11(17)16-5-3-15(4-6-16)10-2-1-9(13)8-14-10/h1-2,8H,3-7H2. The van der Waals surface area contributed by atoms with Crippen LogP contribution in [0.2, 0.25) is 0 Å². The number of pyridine rings is 1. The van der Waals surface area contributed by atoms with Gasteiger partial charge in [-0.05, 0) is 28.1 Å². The van der Waals surface area contributed by atoms with Crippen LogP contribution in [0.4, 0.5) is 5.82 Å². The number of nitrogens with zero attached hydrogens (tertiary/aromatic N) is 3. The summed E-state index contributed by atoms with van der Waals surface area (Å²) in [5.41, 5.74) is 0. The van der Waals surface area contributed by atoms with Gasteiger partial charge in [-0.3, -0.25) is 4.79 Å². The van der Waals surface area contributed by atoms with E-state index in [2.05, 4.69) is 41.7 Å². The van der Waals surface area contributed by atoms with E-state index in [0.717, 1.165) is 36.5 Å². The molecular formula is C11H13Br2N3O. The monoisotopic (exact) mass is 361 g/mol. The number of carbonyl (C=O) groups is 1. The van der Waals surface area contributed by atoms with Gasteiger partial charge in [0.2, 0.25) is 5.91 Å². The Morgan fingerprint density at radius 3 is 2.53 bits per heavy atom. The Bertz CT molecular complexity index is 388. The van der Waals surface area contributed by atoms with Gasteiger partial charge in [-0.25, -0.2) is 4.98 Å². The SMILES string of the molecule is O=C(CBr)N1CCN(c2ccc(Br)cn2)CC1. The van der Waals surface area contributed by atoms with Gasteiger partial charge >= 0.3 is 0 Å². The molecule has 1 saturated heterocycles. The molecule has 0 radical (unpaired) electrons. The van der Waals surface area contributed by atoms with Crippen LogP contribution >= 0.6 is 31.9 Å². The molecule has 0 N–H and O–H groups in total. The van der Waals surface area contributed by atoms with Crippen molar-refractivity contribution in [2.24, 2.45) is 0 Å². The molecule has 0 aromatic carbocycles. The summed E-state index contributed by atoms with van der Waals surface area (Å²) in [4.78, 5) is 19.9. The molecule has 0 unspecified atom stereocenters. The van der Waals surface area contributed by atoms with Gasteiger partial charge in [0.05, 0.1) is 5.33 Å². The number of hydrogen-bond acceptors (Lipinski definition) is 3. The second-order valence-corrected chi connectivity index (χ2v) is 5.31. The smallest absolute Gasteiger partial charge is 0.233 e. The zero-order valence-corrected chi connectivity index (χ0v) is 12.4. The molecule has 1 aliphatic rings. The Morgan fingerprint density at radius 2 is 2.00 bits per heavy atom. The van der Waals surface area contributed by atoms with E-state index in [-0.39, 0.29) is 5.91 Å². The van der Waals surface area contributed by atoms with Gasteiger partial charge < -0.3 is 9.80 Å². The minimum atomic E-state index is 0.161. The number of aromatic nitrogens is 1. The quantitative estimate of drug-likeness (QED) is 0.754. The average Bonchev–Trinajstić information content (AvgIpc) is 2.39. The van der Waals surface area contributed by atoms with E-state index in [4.69, 9.17) is 0 Å². The Hall–Kier alpha value is -0.620. The van der Waals surface area contributed by atoms with Crippen LogP contribution in [0.25, 0.3) is 0 Å². The van der Waals surface area contributed by atoms with E-state index < -0.39 is 0 Å². The predicted octanol–water partition coefficient (Wildman–Crippen LogP) is 1.89. The fourth-order valence-electron chi connectivity index (χ4n) is 1.82. The predicted molar refractivity (Wildman–Crippen MR) is 74.5 cm³/mol. The van der Waals surface area contributed by atoms with Gasteiger partial charge in [0, 0.05) is 36.8 Å². The summed E-state index contributed by atoms with van der Waals surface area (Å²) in [6.45, 7) is 3.21. The summed E-state index contributed by atoms with van der Waals surface area (Å²) < 4.78 is 0.981. The zero-order chi connectivity index (χ0) is 12.3. The lowest BCUT2D eigenvalue weighted by Crippen LogP contribution is -2.49. The number of piperazine rings is 1. The van der Waals surface area contributed by atoms with E-state index in [0.29, 0.717) is 5.33 Å². The van der Waals surface area contributed by atoms with Gasteiger partial charge in [0.25, 0.3) is 0 Å². The van der Waals surface area contributed by atoms with Crippen LogP contribution in [0.5, 0.6) is 0 Å². The lowest BCUT2D eigenvalue weighted by Gasteiger charge is -2.35. The number of alkyl halides is 1. The van der Waals surface area contributed by atoms with Crippen molar-refractivity contribution >= 4 is 43.6 Å². The highest BCUT2D eigenvalue weighted by molar-refractivity contribution is 9.10. The Kier molecular flexibility index (Phi) is 4.39. The van der Waals surface area contributed by atoms with Crippen molar-refractivity contribution in [3.05, 3.63) is 22.8 Å². The van der Waals surface area contributed by atoms with Gasteiger partial charge in [0.1, 0.15) is 5.82 Å². The minimum Gasteiger partial charge on any atom is -0.353 e. The van der Waals surface area contributed by atoms with Gasteiger partial charge in [0.15, 0.2) is 0 Å². The lowest BCUT2D eigenvalue weighted by molar-refractivity contribution is -0.128. The van der Waals surface area contributed by atoms with Crippen LogP contribution in [-0.2, 0) is 4.79 Å². The van der Waals surface area contributed by atoms with Crippen molar-refractivity contribution < 1.29 is 4.79 Å². The van der Waals surface area contributed by atoms with Gasteiger partial charge in [-0.15, -0.1) is 0 Å². The van der Waals surface area contributed by atoms with E-state index in [1.165, 1.54) is 0 Å². The van der Waals surface area contributed by atoms with Crippen LogP contribution in [-0.4, -0.2) is 47.3 Å². The van der Waals surface area contributed by atoms with Crippen LogP contribution in [0.15, 0.2) is 22.8 Å². The third-order valence-electron chi connectivity index (χ3n) is 2.78. The molecule has 2 rings (SSSR count). The van der Waals surface area contributed by atoms with Crippen molar-refractivity contribution in [2.75, 3.05) is 36.4 Å². The molecule has 0 saturated carbocycles. The molecule has 0 bridgehead atoms. The van der Waals surface area contributed by atoms with Crippen LogP contribution in [0.3, 0.4) is 0 Å². The first-order valence-corrected chi connectivity index (χ1v) is 7.32. The summed E-state index contributed by atoms with van der Waals surface area (Å²) >= 11 is 6.56. The number of halogens is 2. The fourth-order valence-corrected chi connectivity index (χ4v) is 2.41. The molecule has 4 nitrogen and oxygen atoms in total. The zero-order valence-electron chi connectivity index (χ0n) is 9.27. The molecule has 92 valence electrons. The molecule has 0 aliphatic carbocycles. The molecule has 6 heteroatoms. The highest BCUT2D eigenvalue weighted by Crippen LogP contribution is 2.16. The van der Waals surface area contributed by atoms with Gasteiger partial charge in [-0.2, -0.15) is 0 Å². The Morgan fingerprint density at radius 1 is 1.29 bits per heavy atom. The van der Waals surface area contributed by atoms with Crippen molar-refractivity contribution in [3.8, 4) is 0 Å². The maximum Gasteiger partial charge on any atom is 0.233 e. The first-order chi connectivity index (χ1) is 8.20. The second kappa shape index (κ2) is 5.82. The molecule has 1 aliphatic heterocycles. The molecule has 1 aromatic rings. The van der Waals surface area contributed by atoms with Crippen molar-refractivity contribution in [1.29, 1.82) is 0 Å². The minimum absolute atomic E-state index is 0.161. The molecule has 17 heavy (non-hydrogen) atoms. The molecule has 1 fully saturated rings. The molecule has 2 heterocycles. The molecule has 0 spiro atoms. The fraction of sp³-hybridized carbons (Fsp3) is 0.455. The number of anilines is 1. The van der Waals surface area contributed by atoms with E-state index >= 15 is 0 Å². The van der Waals surface area contributed by atoms with Crippen LogP contribution in [0.1, 0.15) is 0 Å². The summed E-state index contributed by atoms with van der Waals surface area (Å²) in [6, 6.07) is 3.98. The summed E-state index contributed by atoms with van der Waals surface area (Å²) in [7, 11) is 0. The Balaban J connectivity index is 1.95. The van der Waals surface area contributed by atoms with Gasteiger partial charge in [-0.1, -0.05) is 15.9 Å². The number of rotatable bonds is 2. The Labute approximate surface area is 117 Å². The number of carbonyl (C=O) groups excluding carboxylic acids is 1. The molecule has 0 atom stereocenters.